The SMILES string of the molecule is CCCCNC(=O)[C@@H](Cc1ccccc1)N(Cc1ccc(Br)cc1)C(=O)CN(c1ccc(OC)cc1OC)S(C)(=O)=O. The largest absolute Gasteiger partial charge is 0.497 e. The summed E-state index contributed by atoms with van der Waals surface area (Å²) < 4.78 is 38.7. The number of carbonyl (C=O) groups excluding carboxylic acids is 2. The Balaban J connectivity index is 2.06. The summed E-state index contributed by atoms with van der Waals surface area (Å²) in [6.45, 7) is 2.07. The fourth-order valence-corrected chi connectivity index (χ4v) is 5.55. The van der Waals surface area contributed by atoms with Gasteiger partial charge in [-0.2, -0.15) is 0 Å². The summed E-state index contributed by atoms with van der Waals surface area (Å²) in [5, 5.41) is 2.97. The normalized spacial score (nSPS) is 11.8. The van der Waals surface area contributed by atoms with Crippen molar-refractivity contribution in [1.29, 1.82) is 0 Å². The van der Waals surface area contributed by atoms with Crippen molar-refractivity contribution in [2.75, 3.05) is 37.9 Å². The molecule has 9 nitrogen and oxygen atoms in total. The monoisotopic (exact) mass is 659 g/mol. The third-order valence-electron chi connectivity index (χ3n) is 6.70. The molecule has 0 aromatic heterocycles. The van der Waals surface area contributed by atoms with Gasteiger partial charge in [0.25, 0.3) is 0 Å². The first-order chi connectivity index (χ1) is 20.1. The molecule has 1 atom stereocenters. The molecule has 226 valence electrons. The van der Waals surface area contributed by atoms with E-state index in [2.05, 4.69) is 21.2 Å². The van der Waals surface area contributed by atoms with E-state index in [-0.39, 0.29) is 30.3 Å². The third-order valence-corrected chi connectivity index (χ3v) is 8.36. The Labute approximate surface area is 257 Å². The van der Waals surface area contributed by atoms with Crippen LogP contribution in [0.5, 0.6) is 11.5 Å². The van der Waals surface area contributed by atoms with Gasteiger partial charge in [0.15, 0.2) is 0 Å². The highest BCUT2D eigenvalue weighted by atomic mass is 79.9. The van der Waals surface area contributed by atoms with Crippen LogP contribution in [0.4, 0.5) is 5.69 Å². The Hall–Kier alpha value is -3.57. The first-order valence-corrected chi connectivity index (χ1v) is 16.3. The van der Waals surface area contributed by atoms with Crippen LogP contribution in [0.25, 0.3) is 0 Å². The zero-order valence-electron chi connectivity index (χ0n) is 24.4. The van der Waals surface area contributed by atoms with E-state index >= 15 is 0 Å². The molecule has 3 aromatic carbocycles. The van der Waals surface area contributed by atoms with E-state index in [0.29, 0.717) is 12.3 Å². The molecule has 0 fully saturated rings. The number of ether oxygens (including phenoxy) is 2. The van der Waals surface area contributed by atoms with E-state index in [4.69, 9.17) is 9.47 Å². The second-order valence-corrected chi connectivity index (χ2v) is 12.6. The molecule has 0 heterocycles. The lowest BCUT2D eigenvalue weighted by atomic mass is 10.0. The topological polar surface area (TPSA) is 105 Å². The number of nitrogens with zero attached hydrogens (tertiary/aromatic N) is 2. The maximum Gasteiger partial charge on any atom is 0.244 e. The highest BCUT2D eigenvalue weighted by Crippen LogP contribution is 2.34. The number of amides is 2. The molecule has 0 aliphatic carbocycles. The molecule has 3 rings (SSSR count). The van der Waals surface area contributed by atoms with Gasteiger partial charge in [0, 0.05) is 30.0 Å². The van der Waals surface area contributed by atoms with E-state index in [1.165, 1.54) is 25.2 Å². The third kappa shape index (κ3) is 9.22. The summed E-state index contributed by atoms with van der Waals surface area (Å²) in [5.74, 6) is -0.136. The van der Waals surface area contributed by atoms with Gasteiger partial charge >= 0.3 is 0 Å². The average molecular weight is 661 g/mol. The van der Waals surface area contributed by atoms with Crippen molar-refractivity contribution in [3.05, 3.63) is 88.4 Å². The van der Waals surface area contributed by atoms with Gasteiger partial charge in [0.2, 0.25) is 21.8 Å². The molecule has 1 N–H and O–H groups in total. The van der Waals surface area contributed by atoms with Crippen LogP contribution < -0.4 is 19.1 Å². The van der Waals surface area contributed by atoms with Crippen molar-refractivity contribution < 1.29 is 27.5 Å². The molecule has 11 heteroatoms. The summed E-state index contributed by atoms with van der Waals surface area (Å²) in [6, 6.07) is 20.7. The number of methoxy groups -OCH3 is 2. The van der Waals surface area contributed by atoms with Crippen molar-refractivity contribution in [3.63, 3.8) is 0 Å². The van der Waals surface area contributed by atoms with E-state index < -0.39 is 28.5 Å². The molecule has 0 saturated heterocycles. The number of hydrogen-bond acceptors (Lipinski definition) is 6. The molecule has 2 amide bonds. The van der Waals surface area contributed by atoms with Gasteiger partial charge in [0.1, 0.15) is 24.1 Å². The van der Waals surface area contributed by atoms with Crippen LogP contribution in [0, 0.1) is 0 Å². The van der Waals surface area contributed by atoms with Crippen LogP contribution in [0.3, 0.4) is 0 Å². The summed E-state index contributed by atoms with van der Waals surface area (Å²) in [5.41, 5.74) is 1.85. The van der Waals surface area contributed by atoms with Gasteiger partial charge in [-0.1, -0.05) is 71.7 Å². The van der Waals surface area contributed by atoms with Gasteiger partial charge in [-0.3, -0.25) is 13.9 Å². The second-order valence-electron chi connectivity index (χ2n) is 9.81. The molecule has 0 saturated carbocycles. The predicted molar refractivity (Wildman–Crippen MR) is 168 cm³/mol. The Morgan fingerprint density at radius 2 is 1.64 bits per heavy atom. The molecule has 0 spiro atoms. The van der Waals surface area contributed by atoms with Crippen LogP contribution in [0.15, 0.2) is 77.3 Å². The first kappa shape index (κ1) is 32.9. The quantitative estimate of drug-likeness (QED) is 0.235. The van der Waals surface area contributed by atoms with Crippen LogP contribution in [-0.4, -0.2) is 64.7 Å². The Morgan fingerprint density at radius 3 is 2.24 bits per heavy atom. The molecule has 0 aliphatic rings. The predicted octanol–water partition coefficient (Wildman–Crippen LogP) is 4.79. The van der Waals surface area contributed by atoms with Crippen LogP contribution in [0.2, 0.25) is 0 Å². The van der Waals surface area contributed by atoms with Crippen molar-refractivity contribution in [3.8, 4) is 11.5 Å². The maximum absolute atomic E-state index is 14.2. The molecule has 0 radical (unpaired) electrons. The Morgan fingerprint density at radius 1 is 0.952 bits per heavy atom. The second kappa shape index (κ2) is 15.6. The van der Waals surface area contributed by atoms with Gasteiger partial charge in [0.05, 0.1) is 26.2 Å². The van der Waals surface area contributed by atoms with E-state index in [0.717, 1.165) is 39.0 Å². The molecule has 42 heavy (non-hydrogen) atoms. The number of halogens is 1. The van der Waals surface area contributed by atoms with Crippen LogP contribution in [-0.2, 0) is 32.6 Å². The maximum atomic E-state index is 14.2. The molecular weight excluding hydrogens is 622 g/mol. The van der Waals surface area contributed by atoms with E-state index in [9.17, 15) is 18.0 Å². The number of carbonyl (C=O) groups is 2. The first-order valence-electron chi connectivity index (χ1n) is 13.6. The van der Waals surface area contributed by atoms with Crippen molar-refractivity contribution >= 4 is 43.5 Å². The number of unbranched alkanes of at least 4 members (excludes halogenated alkanes) is 1. The molecule has 0 bridgehead atoms. The zero-order chi connectivity index (χ0) is 30.7. The fraction of sp³-hybridized carbons (Fsp3) is 0.355. The molecular formula is C31H38BrN3O6S. The van der Waals surface area contributed by atoms with Crippen molar-refractivity contribution in [2.24, 2.45) is 0 Å². The lowest BCUT2D eigenvalue weighted by molar-refractivity contribution is -0.140. The highest BCUT2D eigenvalue weighted by molar-refractivity contribution is 9.10. The van der Waals surface area contributed by atoms with Crippen molar-refractivity contribution in [1.82, 2.24) is 10.2 Å². The van der Waals surface area contributed by atoms with Gasteiger partial charge in [-0.15, -0.1) is 0 Å². The molecule has 3 aromatic rings. The fourth-order valence-electron chi connectivity index (χ4n) is 4.43. The number of rotatable bonds is 15. The Kier molecular flexibility index (Phi) is 12.2. The van der Waals surface area contributed by atoms with Crippen LogP contribution >= 0.6 is 15.9 Å². The minimum Gasteiger partial charge on any atom is -0.497 e. The lowest BCUT2D eigenvalue weighted by Crippen LogP contribution is -2.53. The van der Waals surface area contributed by atoms with Gasteiger partial charge < -0.3 is 19.7 Å². The smallest absolute Gasteiger partial charge is 0.244 e. The number of hydrogen-bond donors (Lipinski definition) is 1. The Bertz CT molecular complexity index is 1430. The number of benzene rings is 3. The lowest BCUT2D eigenvalue weighted by Gasteiger charge is -2.33. The van der Waals surface area contributed by atoms with E-state index in [1.54, 1.807) is 12.1 Å². The molecule has 0 aliphatic heterocycles. The van der Waals surface area contributed by atoms with E-state index in [1.807, 2.05) is 61.5 Å². The minimum atomic E-state index is -3.94. The summed E-state index contributed by atoms with van der Waals surface area (Å²) in [6.07, 6.45) is 2.98. The van der Waals surface area contributed by atoms with Crippen molar-refractivity contribution in [2.45, 2.75) is 38.8 Å². The number of sulfonamides is 1. The highest BCUT2D eigenvalue weighted by Gasteiger charge is 2.33. The summed E-state index contributed by atoms with van der Waals surface area (Å²) in [7, 11) is -1.04. The summed E-state index contributed by atoms with van der Waals surface area (Å²) >= 11 is 3.44. The van der Waals surface area contributed by atoms with Crippen LogP contribution in [0.1, 0.15) is 30.9 Å². The summed E-state index contributed by atoms with van der Waals surface area (Å²) in [4.78, 5) is 29.3. The average Bonchev–Trinajstić information content (AvgIpc) is 2.98. The number of nitrogens with one attached hydrogen (secondary N) is 1. The number of anilines is 1. The van der Waals surface area contributed by atoms with Gasteiger partial charge in [-0.05, 0) is 41.8 Å². The minimum absolute atomic E-state index is 0.0994. The zero-order valence-corrected chi connectivity index (χ0v) is 26.8. The van der Waals surface area contributed by atoms with Gasteiger partial charge in [-0.25, -0.2) is 8.42 Å². The standard InChI is InChI=1S/C31H38BrN3O6S/c1-5-6-18-33-31(37)28(19-23-10-8-7-9-11-23)34(21-24-12-14-25(32)15-13-24)30(36)22-35(42(4,38)39)27-17-16-26(40-2)20-29(27)41-3/h7-17,20,28H,5-6,18-19,21-22H2,1-4H3,(H,33,37)/t28-/m1/s1. The molecule has 0 unspecified atom stereocenters.